The van der Waals surface area contributed by atoms with Gasteiger partial charge in [0.2, 0.25) is 0 Å². The lowest BCUT2D eigenvalue weighted by molar-refractivity contribution is -0.697. The fourth-order valence-electron chi connectivity index (χ4n) is 3.64. The van der Waals surface area contributed by atoms with E-state index in [1.165, 1.54) is 102 Å². The smallest absolute Gasteiger partial charge is 0.171 e. The van der Waals surface area contributed by atoms with Gasteiger partial charge in [0.25, 0.3) is 0 Å². The lowest BCUT2D eigenvalue weighted by Gasteiger charge is -2.03. The van der Waals surface area contributed by atoms with Crippen LogP contribution in [0.5, 0.6) is 0 Å². The van der Waals surface area contributed by atoms with Gasteiger partial charge in [-0.15, -0.1) is 18.2 Å². The van der Waals surface area contributed by atoms with Gasteiger partial charge < -0.3 is 12.4 Å². The van der Waals surface area contributed by atoms with Crippen LogP contribution in [0.4, 0.5) is 0 Å². The summed E-state index contributed by atoms with van der Waals surface area (Å²) < 4.78 is 2.38. The van der Waals surface area contributed by atoms with Crippen LogP contribution in [0, 0.1) is 0 Å². The third-order valence-corrected chi connectivity index (χ3v) is 5.61. The van der Waals surface area contributed by atoms with Crippen LogP contribution in [0.25, 0.3) is 0 Å². The van der Waals surface area contributed by atoms with E-state index in [1.54, 1.807) is 0 Å². The van der Waals surface area contributed by atoms with Crippen molar-refractivity contribution in [2.75, 3.05) is 5.88 Å². The summed E-state index contributed by atoms with van der Waals surface area (Å²) in [6, 6.07) is 4.51. The summed E-state index contributed by atoms with van der Waals surface area (Å²) >= 11 is 5.70. The molecule has 0 N–H and O–H groups in total. The van der Waals surface area contributed by atoms with Crippen LogP contribution in [0.15, 0.2) is 37.2 Å². The molecule has 0 bridgehead atoms. The molecule has 0 spiro atoms. The Labute approximate surface area is 186 Å². The molecular weight excluding hydrogens is 385 g/mol. The van der Waals surface area contributed by atoms with E-state index in [4.69, 9.17) is 11.6 Å². The number of pyridine rings is 1. The number of alkyl halides is 1. The number of allylic oxidation sites excluding steroid dienone is 1. The first-order chi connectivity index (χ1) is 13.4. The number of aromatic nitrogens is 1. The molecule has 0 unspecified atom stereocenters. The third kappa shape index (κ3) is 16.4. The van der Waals surface area contributed by atoms with Gasteiger partial charge in [0.05, 0.1) is 0 Å². The summed E-state index contributed by atoms with van der Waals surface area (Å²) in [6.45, 7) is 4.95. The van der Waals surface area contributed by atoms with Gasteiger partial charge in [0.15, 0.2) is 12.4 Å². The normalized spacial score (nSPS) is 10.6. The molecule has 1 aromatic heterocycles. The van der Waals surface area contributed by atoms with Crippen LogP contribution in [0.2, 0.25) is 0 Å². The Morgan fingerprint density at radius 2 is 1.36 bits per heavy atom. The SMILES string of the molecule is C=CCCCCCC[n+]1cccc(CCCCCCCCCCCCCl)c1.[Cl-]. The van der Waals surface area contributed by atoms with Crippen molar-refractivity contribution in [3.63, 3.8) is 0 Å². The maximum absolute atomic E-state index is 5.70. The molecule has 0 fully saturated rings. The van der Waals surface area contributed by atoms with Crippen molar-refractivity contribution in [1.29, 1.82) is 0 Å². The van der Waals surface area contributed by atoms with Crippen molar-refractivity contribution in [3.8, 4) is 0 Å². The lowest BCUT2D eigenvalue weighted by Crippen LogP contribution is -3.00. The molecule has 0 saturated heterocycles. The van der Waals surface area contributed by atoms with Gasteiger partial charge in [-0.3, -0.25) is 0 Å². The van der Waals surface area contributed by atoms with Crippen LogP contribution in [0.1, 0.15) is 102 Å². The zero-order chi connectivity index (χ0) is 19.4. The number of hydrogen-bond donors (Lipinski definition) is 0. The second-order valence-corrected chi connectivity index (χ2v) is 8.29. The molecule has 3 heteroatoms. The Morgan fingerprint density at radius 3 is 2.00 bits per heavy atom. The summed E-state index contributed by atoms with van der Waals surface area (Å²) in [5, 5.41) is 0. The molecule has 0 saturated carbocycles. The highest BCUT2D eigenvalue weighted by molar-refractivity contribution is 6.17. The second-order valence-electron chi connectivity index (χ2n) is 7.92. The molecule has 0 aromatic carbocycles. The molecule has 0 radical (unpaired) electrons. The Kier molecular flexibility index (Phi) is 20.8. The zero-order valence-electron chi connectivity index (χ0n) is 18.0. The Morgan fingerprint density at radius 1 is 0.786 bits per heavy atom. The van der Waals surface area contributed by atoms with Crippen molar-refractivity contribution < 1.29 is 17.0 Å². The highest BCUT2D eigenvalue weighted by Gasteiger charge is 2.03. The number of halogens is 2. The molecule has 28 heavy (non-hydrogen) atoms. The predicted octanol–water partition coefficient (Wildman–Crippen LogP) is 4.80. The number of unbranched alkanes of at least 4 members (excludes halogenated alkanes) is 13. The topological polar surface area (TPSA) is 3.88 Å². The average molecular weight is 429 g/mol. The van der Waals surface area contributed by atoms with Gasteiger partial charge in [0.1, 0.15) is 6.54 Å². The molecule has 0 amide bonds. The van der Waals surface area contributed by atoms with Crippen molar-refractivity contribution in [3.05, 3.63) is 42.7 Å². The molecular formula is C25H43Cl2N. The van der Waals surface area contributed by atoms with E-state index in [9.17, 15) is 0 Å². The highest BCUT2D eigenvalue weighted by Crippen LogP contribution is 2.12. The van der Waals surface area contributed by atoms with Crippen LogP contribution in [0.3, 0.4) is 0 Å². The second kappa shape index (κ2) is 21.2. The first-order valence-electron chi connectivity index (χ1n) is 11.5. The minimum Gasteiger partial charge on any atom is -1.00 e. The van der Waals surface area contributed by atoms with E-state index in [2.05, 4.69) is 35.7 Å². The summed E-state index contributed by atoms with van der Waals surface area (Å²) in [5.74, 6) is 0.831. The molecule has 1 rings (SSSR count). The Bertz CT molecular complexity index is 462. The van der Waals surface area contributed by atoms with Crippen molar-refractivity contribution in [2.45, 2.75) is 109 Å². The highest BCUT2D eigenvalue weighted by atomic mass is 35.5. The van der Waals surface area contributed by atoms with Crippen molar-refractivity contribution in [2.24, 2.45) is 0 Å². The fraction of sp³-hybridized carbons (Fsp3) is 0.720. The van der Waals surface area contributed by atoms with E-state index in [0.717, 1.165) is 18.8 Å². The largest absolute Gasteiger partial charge is 1.00 e. The Hall–Kier alpha value is -0.530. The maximum Gasteiger partial charge on any atom is 0.171 e. The van der Waals surface area contributed by atoms with Gasteiger partial charge in [-0.2, -0.15) is 0 Å². The van der Waals surface area contributed by atoms with E-state index < -0.39 is 0 Å². The minimum absolute atomic E-state index is 0. The van der Waals surface area contributed by atoms with Gasteiger partial charge in [0, 0.05) is 23.9 Å². The zero-order valence-corrected chi connectivity index (χ0v) is 19.5. The summed E-state index contributed by atoms with van der Waals surface area (Å²) in [6.07, 6.45) is 27.9. The van der Waals surface area contributed by atoms with E-state index in [0.29, 0.717) is 0 Å². The monoisotopic (exact) mass is 427 g/mol. The Balaban J connectivity index is 0.00000729. The van der Waals surface area contributed by atoms with Crippen molar-refractivity contribution in [1.82, 2.24) is 0 Å². The van der Waals surface area contributed by atoms with Gasteiger partial charge >= 0.3 is 0 Å². The molecule has 0 aliphatic carbocycles. The maximum atomic E-state index is 5.70. The standard InChI is InChI=1S/C25H43ClN.ClH/c1-2-3-4-5-14-17-22-27-23-18-20-25(24-27)19-15-12-10-8-6-7-9-11-13-16-21-26;/h2,18,20,23-24H,1,3-17,19,21-22H2;1H/q+1;/p-1. The van der Waals surface area contributed by atoms with E-state index in [1.807, 2.05) is 6.08 Å². The summed E-state index contributed by atoms with van der Waals surface area (Å²) in [7, 11) is 0. The van der Waals surface area contributed by atoms with E-state index in [-0.39, 0.29) is 12.4 Å². The molecule has 0 aliphatic heterocycles. The number of nitrogens with zero attached hydrogens (tertiary/aromatic N) is 1. The molecule has 162 valence electrons. The van der Waals surface area contributed by atoms with Gasteiger partial charge in [-0.25, -0.2) is 4.57 Å². The summed E-state index contributed by atoms with van der Waals surface area (Å²) in [5.41, 5.74) is 1.50. The first kappa shape index (κ1) is 27.5. The van der Waals surface area contributed by atoms with Crippen LogP contribution >= 0.6 is 11.6 Å². The fourth-order valence-corrected chi connectivity index (χ4v) is 3.83. The number of aryl methyl sites for hydroxylation is 2. The molecule has 1 nitrogen and oxygen atoms in total. The van der Waals surface area contributed by atoms with E-state index >= 15 is 0 Å². The molecule has 1 heterocycles. The minimum atomic E-state index is 0. The molecule has 0 aliphatic rings. The summed E-state index contributed by atoms with van der Waals surface area (Å²) in [4.78, 5) is 0. The van der Waals surface area contributed by atoms with Crippen LogP contribution in [-0.2, 0) is 13.0 Å². The number of rotatable bonds is 19. The van der Waals surface area contributed by atoms with Crippen LogP contribution in [-0.4, -0.2) is 5.88 Å². The first-order valence-corrected chi connectivity index (χ1v) is 12.0. The van der Waals surface area contributed by atoms with Gasteiger partial charge in [-0.1, -0.05) is 63.9 Å². The predicted molar refractivity (Wildman–Crippen MR) is 121 cm³/mol. The number of hydrogen-bond acceptors (Lipinski definition) is 0. The van der Waals surface area contributed by atoms with Crippen LogP contribution < -0.4 is 17.0 Å². The van der Waals surface area contributed by atoms with Crippen molar-refractivity contribution >= 4 is 11.6 Å². The van der Waals surface area contributed by atoms with Gasteiger partial charge in [-0.05, 0) is 44.6 Å². The quantitative estimate of drug-likeness (QED) is 0.129. The average Bonchev–Trinajstić information content (AvgIpc) is 2.69. The lowest BCUT2D eigenvalue weighted by atomic mass is 10.0. The molecule has 0 atom stereocenters. The third-order valence-electron chi connectivity index (χ3n) is 5.34. The molecule has 1 aromatic rings.